The molecule has 4 heteroatoms. The number of hydrogen-bond acceptors (Lipinski definition) is 3. The normalized spacial score (nSPS) is 17.6. The molecule has 4 rings (SSSR count). The van der Waals surface area contributed by atoms with Crippen LogP contribution in [0.25, 0.3) is 0 Å². The lowest BCUT2D eigenvalue weighted by Crippen LogP contribution is -2.42. The number of amides is 1. The van der Waals surface area contributed by atoms with Crippen molar-refractivity contribution in [2.24, 2.45) is 4.99 Å². The molecule has 0 atom stereocenters. The molecule has 1 aliphatic carbocycles. The van der Waals surface area contributed by atoms with Crippen LogP contribution in [0.3, 0.4) is 0 Å². The van der Waals surface area contributed by atoms with E-state index in [9.17, 15) is 4.79 Å². The molecule has 0 aromatic heterocycles. The highest BCUT2D eigenvalue weighted by Gasteiger charge is 2.37. The van der Waals surface area contributed by atoms with E-state index in [0.717, 1.165) is 54.6 Å². The average molecular weight is 443 g/mol. The highest BCUT2D eigenvalue weighted by molar-refractivity contribution is 5.95. The van der Waals surface area contributed by atoms with Gasteiger partial charge in [0.15, 0.2) is 0 Å². The zero-order valence-corrected chi connectivity index (χ0v) is 19.6. The largest absolute Gasteiger partial charge is 0.372 e. The number of carbonyl (C=O) groups excluding carboxylic acids is 1. The number of benzene rings is 2. The van der Waals surface area contributed by atoms with Gasteiger partial charge >= 0.3 is 0 Å². The third-order valence-electron chi connectivity index (χ3n) is 6.71. The van der Waals surface area contributed by atoms with Crippen molar-refractivity contribution < 1.29 is 9.53 Å². The Hall–Kier alpha value is -2.98. The van der Waals surface area contributed by atoms with Crippen LogP contribution in [0, 0.1) is 0 Å². The number of carbonyl (C=O) groups is 1. The number of rotatable bonds is 8. The molecule has 0 spiro atoms. The molecule has 33 heavy (non-hydrogen) atoms. The van der Waals surface area contributed by atoms with E-state index in [-0.39, 0.29) is 17.9 Å². The molecular formula is C29H34N2O2. The van der Waals surface area contributed by atoms with Gasteiger partial charge in [0.25, 0.3) is 0 Å². The number of allylic oxidation sites excluding steroid dienone is 3. The first kappa shape index (κ1) is 23.2. The van der Waals surface area contributed by atoms with Gasteiger partial charge in [-0.3, -0.25) is 9.79 Å². The molecule has 2 aromatic rings. The van der Waals surface area contributed by atoms with E-state index in [2.05, 4.69) is 30.3 Å². The van der Waals surface area contributed by atoms with Crippen LogP contribution in [0.5, 0.6) is 0 Å². The second-order valence-corrected chi connectivity index (χ2v) is 9.01. The molecule has 0 unspecified atom stereocenters. The molecule has 2 aromatic carbocycles. The molecule has 172 valence electrons. The van der Waals surface area contributed by atoms with Gasteiger partial charge in [-0.25, -0.2) is 0 Å². The molecule has 1 saturated carbocycles. The number of methoxy groups -OCH3 is 1. The van der Waals surface area contributed by atoms with E-state index in [4.69, 9.17) is 9.73 Å². The molecule has 0 saturated heterocycles. The summed E-state index contributed by atoms with van der Waals surface area (Å²) in [5.41, 5.74) is 3.84. The lowest BCUT2D eigenvalue weighted by molar-refractivity contribution is -0.131. The van der Waals surface area contributed by atoms with Crippen LogP contribution in [0.1, 0.15) is 56.1 Å². The zero-order valence-electron chi connectivity index (χ0n) is 19.6. The van der Waals surface area contributed by atoms with Gasteiger partial charge in [-0.1, -0.05) is 92.1 Å². The zero-order chi connectivity index (χ0) is 22.9. The maximum absolute atomic E-state index is 13.5. The molecule has 2 aliphatic rings. The van der Waals surface area contributed by atoms with Crippen molar-refractivity contribution in [1.82, 2.24) is 4.90 Å². The molecular weight excluding hydrogens is 408 g/mol. The lowest BCUT2D eigenvalue weighted by Gasteiger charge is -2.37. The summed E-state index contributed by atoms with van der Waals surface area (Å²) < 4.78 is 6.05. The van der Waals surface area contributed by atoms with Crippen LogP contribution in [0.4, 0.5) is 0 Å². The van der Waals surface area contributed by atoms with Gasteiger partial charge in [-0.15, -0.1) is 0 Å². The van der Waals surface area contributed by atoms with Crippen LogP contribution >= 0.6 is 0 Å². The smallest absolute Gasteiger partial charge is 0.229 e. The quantitative estimate of drug-likeness (QED) is 0.486. The predicted octanol–water partition coefficient (Wildman–Crippen LogP) is 6.24. The molecule has 0 bridgehead atoms. The van der Waals surface area contributed by atoms with Crippen LogP contribution in [-0.4, -0.2) is 29.2 Å². The molecule has 0 radical (unpaired) electrons. The third kappa shape index (κ3) is 6.08. The monoisotopic (exact) mass is 442 g/mol. The summed E-state index contributed by atoms with van der Waals surface area (Å²) >= 11 is 0. The van der Waals surface area contributed by atoms with E-state index in [1.807, 2.05) is 53.5 Å². The van der Waals surface area contributed by atoms with Crippen molar-refractivity contribution in [3.63, 3.8) is 0 Å². The van der Waals surface area contributed by atoms with Gasteiger partial charge in [-0.2, -0.15) is 0 Å². The fraction of sp³-hybridized carbons (Fsp3) is 0.379. The first-order valence-corrected chi connectivity index (χ1v) is 12.0. The fourth-order valence-electron chi connectivity index (χ4n) is 4.84. The van der Waals surface area contributed by atoms with E-state index in [1.165, 1.54) is 6.42 Å². The maximum atomic E-state index is 13.5. The standard InChI is InChI=1S/C29H34N2O2/c1-33-29(19-11-4-12-20-29)27-18-10-9-17-26(30-27)21-28(32)31(22-24-13-5-2-6-14-24)23-25-15-7-3-8-16-25/h2-3,5-10,13-17H,4,11-12,18-23H2,1H3. The Bertz CT molecular complexity index is 961. The van der Waals surface area contributed by atoms with Crippen LogP contribution in [-0.2, 0) is 22.6 Å². The van der Waals surface area contributed by atoms with Crippen LogP contribution < -0.4 is 0 Å². The van der Waals surface area contributed by atoms with E-state index >= 15 is 0 Å². The summed E-state index contributed by atoms with van der Waals surface area (Å²) in [6.07, 6.45) is 12.8. The van der Waals surface area contributed by atoms with Crippen molar-refractivity contribution in [1.29, 1.82) is 0 Å². The summed E-state index contributed by atoms with van der Waals surface area (Å²) in [5, 5.41) is 0. The third-order valence-corrected chi connectivity index (χ3v) is 6.71. The average Bonchev–Trinajstić information content (AvgIpc) is 3.11. The summed E-state index contributed by atoms with van der Waals surface area (Å²) in [6, 6.07) is 20.4. The summed E-state index contributed by atoms with van der Waals surface area (Å²) in [4.78, 5) is 20.5. The van der Waals surface area contributed by atoms with Gasteiger partial charge in [0.2, 0.25) is 5.91 Å². The number of hydrogen-bond donors (Lipinski definition) is 0. The summed E-state index contributed by atoms with van der Waals surface area (Å²) in [6.45, 7) is 1.16. The first-order valence-electron chi connectivity index (χ1n) is 12.0. The summed E-state index contributed by atoms with van der Waals surface area (Å²) in [5.74, 6) is 0.0856. The van der Waals surface area contributed by atoms with Gasteiger partial charge in [-0.05, 0) is 30.0 Å². The lowest BCUT2D eigenvalue weighted by atomic mass is 9.80. The molecule has 4 nitrogen and oxygen atoms in total. The molecule has 1 fully saturated rings. The van der Waals surface area contributed by atoms with Crippen LogP contribution in [0.15, 0.2) is 89.6 Å². The second kappa shape index (κ2) is 11.2. The van der Waals surface area contributed by atoms with Gasteiger partial charge in [0.05, 0.1) is 12.1 Å². The fourth-order valence-corrected chi connectivity index (χ4v) is 4.84. The topological polar surface area (TPSA) is 41.9 Å². The Kier molecular flexibility index (Phi) is 7.90. The predicted molar refractivity (Wildman–Crippen MR) is 134 cm³/mol. The Labute approximate surface area is 197 Å². The molecule has 1 aliphatic heterocycles. The van der Waals surface area contributed by atoms with Gasteiger partial charge < -0.3 is 9.64 Å². The number of nitrogens with zero attached hydrogens (tertiary/aromatic N) is 2. The van der Waals surface area contributed by atoms with Crippen molar-refractivity contribution in [2.75, 3.05) is 7.11 Å². The molecule has 0 N–H and O–H groups in total. The van der Waals surface area contributed by atoms with E-state index in [0.29, 0.717) is 13.1 Å². The minimum Gasteiger partial charge on any atom is -0.372 e. The van der Waals surface area contributed by atoms with Crippen molar-refractivity contribution in [3.05, 3.63) is 95.7 Å². The van der Waals surface area contributed by atoms with Gasteiger partial charge in [0, 0.05) is 32.3 Å². The van der Waals surface area contributed by atoms with E-state index < -0.39 is 0 Å². The Balaban J connectivity index is 1.54. The summed E-state index contributed by atoms with van der Waals surface area (Å²) in [7, 11) is 1.80. The Morgan fingerprint density at radius 3 is 2.12 bits per heavy atom. The first-order chi connectivity index (χ1) is 16.2. The van der Waals surface area contributed by atoms with E-state index in [1.54, 1.807) is 7.11 Å². The van der Waals surface area contributed by atoms with Gasteiger partial charge in [0.1, 0.15) is 5.60 Å². The molecule has 1 heterocycles. The number of ether oxygens (including phenoxy) is 1. The number of aliphatic imine (C=N–C) groups is 1. The highest BCUT2D eigenvalue weighted by atomic mass is 16.5. The molecule has 1 amide bonds. The highest BCUT2D eigenvalue weighted by Crippen LogP contribution is 2.35. The second-order valence-electron chi connectivity index (χ2n) is 9.01. The van der Waals surface area contributed by atoms with Crippen molar-refractivity contribution in [3.8, 4) is 0 Å². The minimum absolute atomic E-state index is 0.0856. The Morgan fingerprint density at radius 2 is 1.55 bits per heavy atom. The minimum atomic E-state index is -0.289. The van der Waals surface area contributed by atoms with Crippen molar-refractivity contribution >= 4 is 11.6 Å². The maximum Gasteiger partial charge on any atom is 0.229 e. The SMILES string of the molecule is COC1(C2=NC(CC(=O)N(Cc3ccccc3)Cc3ccccc3)=CC=CC2)CCCCC1. The van der Waals surface area contributed by atoms with Crippen LogP contribution in [0.2, 0.25) is 0 Å². The van der Waals surface area contributed by atoms with Crippen molar-refractivity contribution in [2.45, 2.75) is 63.6 Å². The Morgan fingerprint density at radius 1 is 0.939 bits per heavy atom.